The molecule has 1 rings (SSSR count). The molecule has 1 heterocycles. The summed E-state index contributed by atoms with van der Waals surface area (Å²) in [7, 11) is -5.88. The SMILES string of the molecule is O=S(=O)(N1CCCCC1)C(F)(F)C(F)(F)C(F)(F)S. The average molecular weight is 331 g/mol. The first-order valence-corrected chi connectivity index (χ1v) is 7.10. The Morgan fingerprint density at radius 3 is 1.68 bits per heavy atom. The molecule has 1 fully saturated rings. The van der Waals surface area contributed by atoms with Crippen molar-refractivity contribution in [2.45, 2.75) is 35.7 Å². The molecular weight excluding hydrogens is 320 g/mol. The molecule has 0 N–H and O–H groups in total. The van der Waals surface area contributed by atoms with E-state index in [1.807, 2.05) is 0 Å². The van der Waals surface area contributed by atoms with E-state index in [-0.39, 0.29) is 17.1 Å². The Hall–Kier alpha value is -0.160. The van der Waals surface area contributed by atoms with Gasteiger partial charge in [-0.3, -0.25) is 0 Å². The van der Waals surface area contributed by atoms with Crippen LogP contribution in [0.4, 0.5) is 26.3 Å². The second-order valence-electron chi connectivity index (χ2n) is 4.10. The third-order valence-electron chi connectivity index (χ3n) is 2.72. The molecule has 1 saturated heterocycles. The molecule has 0 atom stereocenters. The third-order valence-corrected chi connectivity index (χ3v) is 4.95. The topological polar surface area (TPSA) is 37.4 Å². The van der Waals surface area contributed by atoms with Crippen molar-refractivity contribution in [3.63, 3.8) is 0 Å². The van der Waals surface area contributed by atoms with Crippen LogP contribution in [-0.2, 0) is 10.0 Å². The average Bonchev–Trinajstić information content (AvgIpc) is 2.28. The zero-order valence-electron chi connectivity index (χ0n) is 9.42. The van der Waals surface area contributed by atoms with Crippen LogP contribution in [-0.4, -0.2) is 42.2 Å². The number of hydrogen-bond acceptors (Lipinski definition) is 3. The summed E-state index contributed by atoms with van der Waals surface area (Å²) < 4.78 is 101. The Morgan fingerprint density at radius 2 is 1.32 bits per heavy atom. The van der Waals surface area contributed by atoms with Crippen LogP contribution in [0, 0.1) is 0 Å². The highest BCUT2D eigenvalue weighted by atomic mass is 32.2. The number of nitrogens with zero attached hydrogens (tertiary/aromatic N) is 1. The maximum absolute atomic E-state index is 13.4. The largest absolute Gasteiger partial charge is 0.428 e. The van der Waals surface area contributed by atoms with Crippen LogP contribution in [0.5, 0.6) is 0 Å². The highest BCUT2D eigenvalue weighted by Crippen LogP contribution is 2.51. The van der Waals surface area contributed by atoms with Gasteiger partial charge in [-0.15, -0.1) is 0 Å². The lowest BCUT2D eigenvalue weighted by atomic mass is 10.2. The number of thiol groups is 1. The van der Waals surface area contributed by atoms with Crippen molar-refractivity contribution in [1.82, 2.24) is 4.31 Å². The van der Waals surface area contributed by atoms with Gasteiger partial charge in [0.1, 0.15) is 0 Å². The van der Waals surface area contributed by atoms with Crippen molar-refractivity contribution in [3.8, 4) is 0 Å². The van der Waals surface area contributed by atoms with Crippen molar-refractivity contribution in [1.29, 1.82) is 0 Å². The molecule has 1 aliphatic rings. The second-order valence-corrected chi connectivity index (χ2v) is 6.64. The Labute approximate surface area is 111 Å². The summed E-state index contributed by atoms with van der Waals surface area (Å²) in [5.41, 5.74) is 0. The number of hydrogen-bond donors (Lipinski definition) is 1. The minimum atomic E-state index is -6.11. The molecule has 0 aromatic carbocycles. The molecule has 0 aliphatic carbocycles. The number of sulfonamides is 1. The fourth-order valence-corrected chi connectivity index (χ4v) is 3.34. The number of halogens is 6. The molecule has 0 aromatic heterocycles. The van der Waals surface area contributed by atoms with Gasteiger partial charge in [-0.05, 0) is 12.8 Å². The van der Waals surface area contributed by atoms with E-state index >= 15 is 0 Å². The maximum Gasteiger partial charge on any atom is 0.428 e. The predicted octanol–water partition coefficient (Wildman–Crippen LogP) is 2.55. The quantitative estimate of drug-likeness (QED) is 0.635. The Morgan fingerprint density at radius 1 is 0.895 bits per heavy atom. The molecule has 114 valence electrons. The van der Waals surface area contributed by atoms with Crippen LogP contribution in [0.2, 0.25) is 0 Å². The summed E-state index contributed by atoms with van der Waals surface area (Å²) in [6.07, 6.45) is 0.965. The van der Waals surface area contributed by atoms with Gasteiger partial charge in [0, 0.05) is 13.1 Å². The van der Waals surface area contributed by atoms with Crippen molar-refractivity contribution in [2.24, 2.45) is 0 Å². The third kappa shape index (κ3) is 2.68. The van der Waals surface area contributed by atoms with E-state index in [0.29, 0.717) is 6.42 Å². The van der Waals surface area contributed by atoms with E-state index in [1.165, 1.54) is 0 Å². The molecule has 0 bridgehead atoms. The summed E-state index contributed by atoms with van der Waals surface area (Å²) in [6, 6.07) is 0. The molecule has 1 aliphatic heterocycles. The zero-order chi connectivity index (χ0) is 15.1. The fourth-order valence-electron chi connectivity index (χ4n) is 1.60. The molecular formula is C8H11F6NO2S2. The van der Waals surface area contributed by atoms with Gasteiger partial charge < -0.3 is 0 Å². The van der Waals surface area contributed by atoms with E-state index in [0.717, 1.165) is 0 Å². The Balaban J connectivity index is 3.17. The first kappa shape index (κ1) is 16.9. The van der Waals surface area contributed by atoms with Gasteiger partial charge in [0.05, 0.1) is 0 Å². The number of piperidine rings is 1. The minimum absolute atomic E-state index is 0.115. The smallest absolute Gasteiger partial charge is 0.206 e. The molecule has 0 saturated carbocycles. The summed E-state index contributed by atoms with van der Waals surface area (Å²) in [5, 5.41) is -11.4. The van der Waals surface area contributed by atoms with E-state index in [4.69, 9.17) is 0 Å². The van der Waals surface area contributed by atoms with Crippen LogP contribution in [0.3, 0.4) is 0 Å². The summed E-state index contributed by atoms with van der Waals surface area (Å²) >= 11 is 2.08. The van der Waals surface area contributed by atoms with Crippen molar-refractivity contribution >= 4 is 22.7 Å². The van der Waals surface area contributed by atoms with Gasteiger partial charge in [0.25, 0.3) is 10.0 Å². The standard InChI is InChI=1S/C8H11F6NO2S2/c9-6(10,7(11,12)18)8(13,14)19(16,17)15-4-2-1-3-5-15/h18H,1-5H2. The molecule has 0 amide bonds. The zero-order valence-corrected chi connectivity index (χ0v) is 11.1. The highest BCUT2D eigenvalue weighted by molar-refractivity contribution is 7.90. The van der Waals surface area contributed by atoms with Crippen molar-refractivity contribution in [3.05, 3.63) is 0 Å². The lowest BCUT2D eigenvalue weighted by Gasteiger charge is -2.34. The molecule has 0 radical (unpaired) electrons. The van der Waals surface area contributed by atoms with Crippen LogP contribution < -0.4 is 0 Å². The summed E-state index contributed by atoms with van der Waals surface area (Å²) in [5.74, 6) is -6.11. The van der Waals surface area contributed by atoms with Gasteiger partial charge in [-0.1, -0.05) is 19.0 Å². The van der Waals surface area contributed by atoms with Gasteiger partial charge in [-0.2, -0.15) is 30.6 Å². The van der Waals surface area contributed by atoms with Gasteiger partial charge in [-0.25, -0.2) is 8.42 Å². The van der Waals surface area contributed by atoms with Crippen molar-refractivity contribution in [2.75, 3.05) is 13.1 Å². The molecule has 3 nitrogen and oxygen atoms in total. The van der Waals surface area contributed by atoms with Crippen LogP contribution in [0.15, 0.2) is 0 Å². The normalized spacial score (nSPS) is 20.6. The predicted molar refractivity (Wildman–Crippen MR) is 58.2 cm³/mol. The summed E-state index contributed by atoms with van der Waals surface area (Å²) in [4.78, 5) is 0. The van der Waals surface area contributed by atoms with Crippen LogP contribution >= 0.6 is 12.6 Å². The molecule has 0 spiro atoms. The fraction of sp³-hybridized carbons (Fsp3) is 1.00. The van der Waals surface area contributed by atoms with Crippen LogP contribution in [0.25, 0.3) is 0 Å². The Kier molecular flexibility index (Phi) is 4.44. The van der Waals surface area contributed by atoms with E-state index in [9.17, 15) is 34.8 Å². The monoisotopic (exact) mass is 331 g/mol. The second kappa shape index (κ2) is 4.99. The first-order valence-electron chi connectivity index (χ1n) is 5.21. The maximum atomic E-state index is 13.4. The molecule has 0 aromatic rings. The minimum Gasteiger partial charge on any atom is -0.206 e. The van der Waals surface area contributed by atoms with E-state index in [1.54, 1.807) is 0 Å². The Bertz CT molecular complexity index is 427. The number of rotatable bonds is 4. The first-order chi connectivity index (χ1) is 8.36. The van der Waals surface area contributed by atoms with Gasteiger partial charge in [0.2, 0.25) is 0 Å². The number of alkyl halides is 6. The summed E-state index contributed by atoms with van der Waals surface area (Å²) in [6.45, 7) is -0.793. The van der Waals surface area contributed by atoms with Gasteiger partial charge in [0.15, 0.2) is 0 Å². The highest BCUT2D eigenvalue weighted by Gasteiger charge is 2.77. The van der Waals surface area contributed by atoms with Crippen molar-refractivity contribution < 1.29 is 34.8 Å². The lowest BCUT2D eigenvalue weighted by molar-refractivity contribution is -0.241. The van der Waals surface area contributed by atoms with Gasteiger partial charge >= 0.3 is 16.4 Å². The molecule has 11 heteroatoms. The van der Waals surface area contributed by atoms with E-state index < -0.39 is 39.5 Å². The van der Waals surface area contributed by atoms with E-state index in [2.05, 4.69) is 12.6 Å². The lowest BCUT2D eigenvalue weighted by Crippen LogP contribution is -2.59. The molecule has 19 heavy (non-hydrogen) atoms. The van der Waals surface area contributed by atoms with Crippen LogP contribution in [0.1, 0.15) is 19.3 Å². The molecule has 0 unspecified atom stereocenters.